The summed E-state index contributed by atoms with van der Waals surface area (Å²) in [6, 6.07) is 6.39. The van der Waals surface area contributed by atoms with Gasteiger partial charge >= 0.3 is 18.3 Å². The highest BCUT2D eigenvalue weighted by atomic mass is 19.4. The predicted molar refractivity (Wildman–Crippen MR) is 117 cm³/mol. The second kappa shape index (κ2) is 8.99. The highest BCUT2D eigenvalue weighted by Crippen LogP contribution is 2.30. The van der Waals surface area contributed by atoms with Gasteiger partial charge in [0.1, 0.15) is 11.7 Å². The fourth-order valence-corrected chi connectivity index (χ4v) is 3.48. The molecule has 1 aliphatic rings. The van der Waals surface area contributed by atoms with Gasteiger partial charge in [-0.15, -0.1) is 5.10 Å². The summed E-state index contributed by atoms with van der Waals surface area (Å²) in [4.78, 5) is 22.6. The Balaban J connectivity index is 1.46. The summed E-state index contributed by atoms with van der Waals surface area (Å²) in [5.41, 5.74) is -0.484. The number of anilines is 2. The molecular weight excluding hydrogens is 453 g/mol. The van der Waals surface area contributed by atoms with E-state index in [0.29, 0.717) is 24.4 Å². The molecule has 1 N–H and O–H groups in total. The number of rotatable bonds is 4. The van der Waals surface area contributed by atoms with Gasteiger partial charge in [0.05, 0.1) is 12.1 Å². The molecule has 4 rings (SSSR count). The van der Waals surface area contributed by atoms with Crippen LogP contribution in [0.4, 0.5) is 29.6 Å². The summed E-state index contributed by atoms with van der Waals surface area (Å²) < 4.78 is 51.2. The highest BCUT2D eigenvalue weighted by Gasteiger charge is 2.30. The van der Waals surface area contributed by atoms with Crippen LogP contribution in [0.15, 0.2) is 36.5 Å². The monoisotopic (exact) mass is 478 g/mol. The normalized spacial score (nSPS) is 17.0. The molecule has 1 aliphatic heterocycles. The minimum absolute atomic E-state index is 0.177. The molecule has 0 aliphatic carbocycles. The summed E-state index contributed by atoms with van der Waals surface area (Å²) in [7, 11) is 0. The maximum absolute atomic E-state index is 12.8. The van der Waals surface area contributed by atoms with Gasteiger partial charge in [-0.1, -0.05) is 0 Å². The quantitative estimate of drug-likeness (QED) is 0.583. The van der Waals surface area contributed by atoms with Crippen molar-refractivity contribution in [2.24, 2.45) is 0 Å². The van der Waals surface area contributed by atoms with Crippen LogP contribution in [0.3, 0.4) is 0 Å². The Morgan fingerprint density at radius 3 is 2.56 bits per heavy atom. The number of fused-ring (bicyclic) bond motifs is 1. The lowest BCUT2D eigenvalue weighted by atomic mass is 10.1. The largest absolute Gasteiger partial charge is 0.458 e. The predicted octanol–water partition coefficient (Wildman–Crippen LogP) is 4.67. The third-order valence-corrected chi connectivity index (χ3v) is 4.99. The Kier molecular flexibility index (Phi) is 6.24. The topological polar surface area (TPSA) is 93.9 Å². The summed E-state index contributed by atoms with van der Waals surface area (Å²) in [5, 5.41) is 7.21. The van der Waals surface area contributed by atoms with Crippen LogP contribution in [0.1, 0.15) is 39.2 Å². The van der Waals surface area contributed by atoms with Crippen LogP contribution in [0.25, 0.3) is 5.65 Å². The number of likely N-dealkylation sites (tertiary alicyclic amines) is 1. The van der Waals surface area contributed by atoms with E-state index < -0.39 is 23.4 Å². The molecule has 182 valence electrons. The first-order valence-electron chi connectivity index (χ1n) is 10.8. The second-order valence-electron chi connectivity index (χ2n) is 8.94. The SMILES string of the molecule is CC(C)(C)OC(=O)N1CCCC(Oc2nccc3nc(Nc4ccc(C(F)(F)F)cc4)nn23)C1. The molecule has 12 heteroatoms. The molecule has 1 aromatic carbocycles. The number of halogens is 3. The molecule has 2 aromatic heterocycles. The number of ether oxygens (including phenoxy) is 2. The second-order valence-corrected chi connectivity index (χ2v) is 8.94. The van der Waals surface area contributed by atoms with Crippen LogP contribution in [-0.4, -0.2) is 55.4 Å². The van der Waals surface area contributed by atoms with Crippen LogP contribution in [0.2, 0.25) is 0 Å². The van der Waals surface area contributed by atoms with Crippen LogP contribution in [-0.2, 0) is 10.9 Å². The smallest absolute Gasteiger partial charge is 0.416 e. The average Bonchev–Trinajstić information content (AvgIpc) is 3.16. The number of nitrogens with zero attached hydrogens (tertiary/aromatic N) is 5. The van der Waals surface area contributed by atoms with Crippen molar-refractivity contribution in [3.8, 4) is 6.01 Å². The molecule has 1 fully saturated rings. The van der Waals surface area contributed by atoms with Gasteiger partial charge in [0.15, 0.2) is 5.65 Å². The Morgan fingerprint density at radius 1 is 1.15 bits per heavy atom. The van der Waals surface area contributed by atoms with Gasteiger partial charge in [-0.2, -0.15) is 22.7 Å². The van der Waals surface area contributed by atoms with Gasteiger partial charge in [-0.3, -0.25) is 0 Å². The lowest BCUT2D eigenvalue weighted by molar-refractivity contribution is -0.137. The van der Waals surface area contributed by atoms with E-state index in [1.807, 2.05) is 20.8 Å². The Hall–Kier alpha value is -3.57. The number of piperidine rings is 1. The lowest BCUT2D eigenvalue weighted by Gasteiger charge is -2.33. The number of hydrogen-bond acceptors (Lipinski definition) is 7. The summed E-state index contributed by atoms with van der Waals surface area (Å²) in [5.74, 6) is 0.177. The van der Waals surface area contributed by atoms with Crippen molar-refractivity contribution in [3.63, 3.8) is 0 Å². The summed E-state index contributed by atoms with van der Waals surface area (Å²) in [6.07, 6.45) is -2.11. The molecule has 1 unspecified atom stereocenters. The molecule has 3 aromatic rings. The molecule has 0 spiro atoms. The first-order valence-corrected chi connectivity index (χ1v) is 10.8. The molecule has 1 atom stereocenters. The number of carbonyl (C=O) groups is 1. The first kappa shape index (κ1) is 23.6. The fraction of sp³-hybridized carbons (Fsp3) is 0.455. The van der Waals surface area contributed by atoms with Crippen LogP contribution >= 0.6 is 0 Å². The van der Waals surface area contributed by atoms with E-state index in [1.165, 1.54) is 22.8 Å². The molecule has 34 heavy (non-hydrogen) atoms. The molecule has 9 nitrogen and oxygen atoms in total. The van der Waals surface area contributed by atoms with E-state index in [2.05, 4.69) is 20.4 Å². The summed E-state index contributed by atoms with van der Waals surface area (Å²) in [6.45, 7) is 6.37. The van der Waals surface area contributed by atoms with Crippen LogP contribution in [0, 0.1) is 0 Å². The zero-order valence-corrected chi connectivity index (χ0v) is 19.0. The van der Waals surface area contributed by atoms with Gasteiger partial charge in [0.25, 0.3) is 0 Å². The Morgan fingerprint density at radius 2 is 1.88 bits per heavy atom. The number of carbonyl (C=O) groups excluding carboxylic acids is 1. The molecule has 3 heterocycles. The lowest BCUT2D eigenvalue weighted by Crippen LogP contribution is -2.46. The van der Waals surface area contributed by atoms with Crippen LogP contribution < -0.4 is 10.1 Å². The van der Waals surface area contributed by atoms with Gasteiger partial charge in [0, 0.05) is 24.5 Å². The van der Waals surface area contributed by atoms with Crippen molar-refractivity contribution in [2.45, 2.75) is 51.5 Å². The third kappa shape index (κ3) is 5.67. The van der Waals surface area contributed by atoms with E-state index in [4.69, 9.17) is 9.47 Å². The first-order chi connectivity index (χ1) is 16.0. The van der Waals surface area contributed by atoms with Crippen LogP contribution in [0.5, 0.6) is 6.01 Å². The highest BCUT2D eigenvalue weighted by molar-refractivity contribution is 5.68. The minimum atomic E-state index is -4.41. The van der Waals surface area contributed by atoms with E-state index in [9.17, 15) is 18.0 Å². The number of hydrogen-bond donors (Lipinski definition) is 1. The van der Waals surface area contributed by atoms with Crippen molar-refractivity contribution >= 4 is 23.4 Å². The van der Waals surface area contributed by atoms with Crippen molar-refractivity contribution in [2.75, 3.05) is 18.4 Å². The van der Waals surface area contributed by atoms with Gasteiger partial charge in [-0.25, -0.2) is 9.78 Å². The van der Waals surface area contributed by atoms with E-state index in [-0.39, 0.29) is 18.1 Å². The number of benzene rings is 1. The number of alkyl halides is 3. The maximum atomic E-state index is 12.8. The van der Waals surface area contributed by atoms with Crippen molar-refractivity contribution in [1.29, 1.82) is 0 Å². The average molecular weight is 478 g/mol. The van der Waals surface area contributed by atoms with Gasteiger partial charge < -0.3 is 19.7 Å². The van der Waals surface area contributed by atoms with E-state index in [1.54, 1.807) is 11.0 Å². The Bertz CT molecular complexity index is 1160. The van der Waals surface area contributed by atoms with Crippen molar-refractivity contribution < 1.29 is 27.4 Å². The maximum Gasteiger partial charge on any atom is 0.416 e. The molecule has 0 radical (unpaired) electrons. The van der Waals surface area contributed by atoms with Gasteiger partial charge in [-0.05, 0) is 57.9 Å². The standard InChI is InChI=1S/C22H25F3N6O3/c1-21(2,3)34-20(32)30-12-4-5-16(13-30)33-19-26-11-10-17-28-18(29-31(17)19)27-15-8-6-14(7-9-15)22(23,24)25/h6-11,16H,4-5,12-13H2,1-3H3,(H,27,29). The minimum Gasteiger partial charge on any atom is -0.458 e. The molecular formula is C22H25F3N6O3. The molecule has 1 saturated heterocycles. The number of nitrogens with one attached hydrogen (secondary N) is 1. The molecule has 0 saturated carbocycles. The van der Waals surface area contributed by atoms with Gasteiger partial charge in [0.2, 0.25) is 5.95 Å². The van der Waals surface area contributed by atoms with Crippen molar-refractivity contribution in [3.05, 3.63) is 42.1 Å². The summed E-state index contributed by atoms with van der Waals surface area (Å²) >= 11 is 0. The zero-order valence-electron chi connectivity index (χ0n) is 19.0. The Labute approximate surface area is 193 Å². The molecule has 1 amide bonds. The number of aromatic nitrogens is 4. The number of amides is 1. The third-order valence-electron chi connectivity index (χ3n) is 4.99. The van der Waals surface area contributed by atoms with E-state index >= 15 is 0 Å². The fourth-order valence-electron chi connectivity index (χ4n) is 3.48. The van der Waals surface area contributed by atoms with Crippen molar-refractivity contribution in [1.82, 2.24) is 24.5 Å². The molecule has 0 bridgehead atoms. The zero-order chi connectivity index (χ0) is 24.5. The van der Waals surface area contributed by atoms with E-state index in [0.717, 1.165) is 25.0 Å².